The van der Waals surface area contributed by atoms with Crippen LogP contribution in [0.3, 0.4) is 0 Å². The van der Waals surface area contributed by atoms with Gasteiger partial charge in [-0.15, -0.1) is 0 Å². The van der Waals surface area contributed by atoms with E-state index in [9.17, 15) is 51.2 Å². The third-order valence-electron chi connectivity index (χ3n) is 9.22. The quantitative estimate of drug-likeness (QED) is 0.315. The predicted molar refractivity (Wildman–Crippen MR) is 126 cm³/mol. The Bertz CT molecular complexity index is 927. The Labute approximate surface area is 217 Å². The molecule has 218 valence electrons. The Morgan fingerprint density at radius 1 is 1.08 bits per heavy atom. The fourth-order valence-corrected chi connectivity index (χ4v) is 7.09. The van der Waals surface area contributed by atoms with Gasteiger partial charge in [0.2, 0.25) is 0 Å². The first kappa shape index (κ1) is 31.1. The fourth-order valence-electron chi connectivity index (χ4n) is 7.09. The maximum Gasteiger partial charge on any atom is 0.429 e. The van der Waals surface area contributed by atoms with Crippen molar-refractivity contribution in [1.82, 2.24) is 0 Å². The minimum Gasteiger partial charge on any atom is -0.393 e. The highest BCUT2D eigenvalue weighted by Crippen LogP contribution is 2.60. The van der Waals surface area contributed by atoms with Crippen molar-refractivity contribution in [2.24, 2.45) is 23.2 Å². The van der Waals surface area contributed by atoms with Gasteiger partial charge in [-0.1, -0.05) is 38.2 Å². The molecular formula is C27H37F7O4. The summed E-state index contributed by atoms with van der Waals surface area (Å²) in [5.74, 6) is -0.800. The number of alkyl halides is 7. The highest BCUT2D eigenvalue weighted by Gasteiger charge is 2.75. The zero-order valence-corrected chi connectivity index (χ0v) is 21.5. The third kappa shape index (κ3) is 5.58. The number of aliphatic hydroxyl groups excluding tert-OH is 3. The number of rotatable bonds is 6. The van der Waals surface area contributed by atoms with Crippen molar-refractivity contribution in [2.45, 2.75) is 108 Å². The van der Waals surface area contributed by atoms with Gasteiger partial charge in [0.15, 0.2) is 0 Å². The second kappa shape index (κ2) is 10.9. The lowest BCUT2D eigenvalue weighted by Crippen LogP contribution is -2.66. The number of allylic oxidation sites excluding steroid dienone is 3. The molecular weight excluding hydrogens is 521 g/mol. The van der Waals surface area contributed by atoms with Gasteiger partial charge in [0, 0.05) is 6.42 Å². The molecule has 0 heterocycles. The molecule has 0 amide bonds. The molecule has 3 fully saturated rings. The molecule has 0 aromatic rings. The smallest absolute Gasteiger partial charge is 0.393 e. The minimum atomic E-state index is -6.31. The Kier molecular flexibility index (Phi) is 8.89. The van der Waals surface area contributed by atoms with Gasteiger partial charge in [-0.25, -0.2) is 4.39 Å². The summed E-state index contributed by atoms with van der Waals surface area (Å²) < 4.78 is 93.5. The van der Waals surface area contributed by atoms with Gasteiger partial charge in [-0.05, 0) is 79.3 Å². The van der Waals surface area contributed by atoms with Crippen LogP contribution >= 0.6 is 0 Å². The first-order valence-corrected chi connectivity index (χ1v) is 13.0. The summed E-state index contributed by atoms with van der Waals surface area (Å²) in [6, 6.07) is 0. The van der Waals surface area contributed by atoms with E-state index in [2.05, 4.69) is 6.58 Å². The lowest BCUT2D eigenvalue weighted by molar-refractivity contribution is -0.396. The van der Waals surface area contributed by atoms with Crippen LogP contribution in [0.1, 0.15) is 65.2 Å². The van der Waals surface area contributed by atoms with Crippen LogP contribution in [0.4, 0.5) is 30.7 Å². The van der Waals surface area contributed by atoms with Crippen molar-refractivity contribution in [3.63, 3.8) is 0 Å². The van der Waals surface area contributed by atoms with Crippen molar-refractivity contribution in [1.29, 1.82) is 0 Å². The normalized spacial score (nSPS) is 35.9. The first-order valence-electron chi connectivity index (χ1n) is 13.0. The van der Waals surface area contributed by atoms with E-state index in [0.717, 1.165) is 30.4 Å². The lowest BCUT2D eigenvalue weighted by Gasteiger charge is -2.45. The average molecular weight is 559 g/mol. The summed E-state index contributed by atoms with van der Waals surface area (Å²) in [6.07, 6.45) is -13.5. The molecule has 3 aliphatic carbocycles. The molecule has 0 aromatic carbocycles. The Morgan fingerprint density at radius 2 is 1.68 bits per heavy atom. The Hall–Kier alpha value is -1.43. The molecule has 3 saturated carbocycles. The number of aliphatic hydroxyl groups is 4. The van der Waals surface area contributed by atoms with Gasteiger partial charge < -0.3 is 20.4 Å². The fraction of sp³-hybridized carbons (Fsp3) is 0.778. The molecule has 3 unspecified atom stereocenters. The number of hydrogen-bond donors (Lipinski definition) is 4. The standard InChI is InChI=1S/C27H37F7O4/c1-14(11-21(28)23(37)25(38,26(29,30)31)27(32,33)34)19-8-9-20-16(5-4-10-24(19,20)3)6-7-17-12-18(35)13-22(36)15(17)2/h6-7,14,18-23,35-38H,2,4-5,8-13H2,1,3H3/b16-6?,17-7-/t14-,18-,19-,20?,21?,22-,23?,24-/m1/s1. The topological polar surface area (TPSA) is 80.9 Å². The Balaban J connectivity index is 1.77. The van der Waals surface area contributed by atoms with E-state index in [4.69, 9.17) is 0 Å². The van der Waals surface area contributed by atoms with E-state index in [1.54, 1.807) is 6.92 Å². The van der Waals surface area contributed by atoms with E-state index >= 15 is 0 Å². The zero-order valence-electron chi connectivity index (χ0n) is 21.5. The summed E-state index contributed by atoms with van der Waals surface area (Å²) in [7, 11) is 0. The van der Waals surface area contributed by atoms with Crippen LogP contribution < -0.4 is 0 Å². The van der Waals surface area contributed by atoms with E-state index < -0.39 is 54.8 Å². The average Bonchev–Trinajstić information content (AvgIpc) is 3.15. The molecule has 0 bridgehead atoms. The van der Waals surface area contributed by atoms with Crippen LogP contribution in [0.25, 0.3) is 0 Å². The van der Waals surface area contributed by atoms with Gasteiger partial charge in [0.1, 0.15) is 12.3 Å². The van der Waals surface area contributed by atoms with Crippen LogP contribution in [0, 0.1) is 23.2 Å². The summed E-state index contributed by atoms with van der Waals surface area (Å²) in [4.78, 5) is 0. The van der Waals surface area contributed by atoms with Crippen molar-refractivity contribution in [3.05, 3.63) is 35.5 Å². The highest BCUT2D eigenvalue weighted by atomic mass is 19.4. The molecule has 38 heavy (non-hydrogen) atoms. The predicted octanol–water partition coefficient (Wildman–Crippen LogP) is 5.71. The van der Waals surface area contributed by atoms with Crippen LogP contribution in [-0.2, 0) is 0 Å². The maximum absolute atomic E-state index is 14.8. The molecule has 0 aromatic heterocycles. The number of fused-ring (bicyclic) bond motifs is 1. The number of halogens is 7. The second-order valence-corrected chi connectivity index (χ2v) is 11.6. The van der Waals surface area contributed by atoms with E-state index in [1.807, 2.05) is 19.1 Å². The molecule has 4 nitrogen and oxygen atoms in total. The minimum absolute atomic E-state index is 0.0671. The summed E-state index contributed by atoms with van der Waals surface area (Å²) >= 11 is 0. The van der Waals surface area contributed by atoms with Crippen molar-refractivity contribution >= 4 is 0 Å². The summed E-state index contributed by atoms with van der Waals surface area (Å²) in [5, 5.41) is 39.2. The maximum atomic E-state index is 14.8. The lowest BCUT2D eigenvalue weighted by atomic mass is 9.60. The van der Waals surface area contributed by atoms with Gasteiger partial charge in [-0.2, -0.15) is 26.3 Å². The molecule has 4 N–H and O–H groups in total. The highest BCUT2D eigenvalue weighted by molar-refractivity contribution is 5.38. The first-order chi connectivity index (χ1) is 17.3. The van der Waals surface area contributed by atoms with Gasteiger partial charge >= 0.3 is 12.4 Å². The Morgan fingerprint density at radius 3 is 2.26 bits per heavy atom. The molecule has 0 saturated heterocycles. The van der Waals surface area contributed by atoms with Crippen molar-refractivity contribution in [2.75, 3.05) is 0 Å². The van der Waals surface area contributed by atoms with Crippen LogP contribution in [0.15, 0.2) is 35.5 Å². The van der Waals surface area contributed by atoms with Crippen LogP contribution in [0.5, 0.6) is 0 Å². The summed E-state index contributed by atoms with van der Waals surface area (Å²) in [5.41, 5.74) is -3.54. The van der Waals surface area contributed by atoms with Gasteiger partial charge in [0.25, 0.3) is 5.60 Å². The van der Waals surface area contributed by atoms with Crippen molar-refractivity contribution in [3.8, 4) is 0 Å². The molecule has 0 spiro atoms. The molecule has 11 heteroatoms. The SMILES string of the molecule is C=C1/C(=C\C=C2CCC[C@@]3(C)C2CC[C@@H]3[C@H](C)CC(F)C(O)C(O)(C(F)(F)F)C(F)(F)F)C[C@@H](O)C[C@H]1O. The largest absolute Gasteiger partial charge is 0.429 e. The van der Waals surface area contributed by atoms with Crippen molar-refractivity contribution < 1.29 is 51.2 Å². The van der Waals surface area contributed by atoms with Crippen LogP contribution in [-0.4, -0.2) is 62.9 Å². The van der Waals surface area contributed by atoms with Gasteiger partial charge in [0.05, 0.1) is 12.2 Å². The van der Waals surface area contributed by atoms with Gasteiger partial charge in [-0.3, -0.25) is 0 Å². The monoisotopic (exact) mass is 558 g/mol. The van der Waals surface area contributed by atoms with E-state index in [-0.39, 0.29) is 23.7 Å². The van der Waals surface area contributed by atoms with E-state index in [0.29, 0.717) is 24.8 Å². The molecule has 0 aliphatic heterocycles. The third-order valence-corrected chi connectivity index (χ3v) is 9.22. The second-order valence-electron chi connectivity index (χ2n) is 11.6. The molecule has 8 atom stereocenters. The van der Waals surface area contributed by atoms with Crippen LogP contribution in [0.2, 0.25) is 0 Å². The van der Waals surface area contributed by atoms with E-state index in [1.165, 1.54) is 0 Å². The number of hydrogen-bond acceptors (Lipinski definition) is 4. The molecule has 3 aliphatic rings. The molecule has 0 radical (unpaired) electrons. The summed E-state index contributed by atoms with van der Waals surface area (Å²) in [6.45, 7) is 7.47. The molecule has 3 rings (SSSR count). The zero-order chi connectivity index (χ0) is 28.8.